The number of carbonyl (C=O) groups excluding carboxylic acids is 2. The second kappa shape index (κ2) is 11.6. The molecule has 1 saturated heterocycles. The molecule has 0 bridgehead atoms. The summed E-state index contributed by atoms with van der Waals surface area (Å²) < 4.78 is 0. The summed E-state index contributed by atoms with van der Waals surface area (Å²) in [5, 5.41) is 23.2. The maximum atomic E-state index is 12.8. The fourth-order valence-corrected chi connectivity index (χ4v) is 4.93. The predicted octanol–water partition coefficient (Wildman–Crippen LogP) is 2.20. The molecule has 0 radical (unpaired) electrons. The zero-order chi connectivity index (χ0) is 23.8. The molecular weight excluding hydrogens is 422 g/mol. The summed E-state index contributed by atoms with van der Waals surface area (Å²) in [6.45, 7) is 3.19. The van der Waals surface area contributed by atoms with Gasteiger partial charge in [0.25, 0.3) is 6.47 Å². The number of likely N-dealkylation sites (tertiary alicyclic amines) is 1. The summed E-state index contributed by atoms with van der Waals surface area (Å²) in [7, 11) is 0. The number of aliphatic hydroxyl groups is 1. The van der Waals surface area contributed by atoms with Crippen molar-refractivity contribution >= 4 is 24.0 Å². The van der Waals surface area contributed by atoms with Crippen molar-refractivity contribution < 1.29 is 24.6 Å². The lowest BCUT2D eigenvalue weighted by molar-refractivity contribution is -0.123. The number of carbonyl (C=O) groups is 3. The number of amides is 2. The van der Waals surface area contributed by atoms with Gasteiger partial charge in [0.1, 0.15) is 0 Å². The molecule has 0 unspecified atom stereocenters. The van der Waals surface area contributed by atoms with E-state index in [0.29, 0.717) is 24.8 Å². The zero-order valence-corrected chi connectivity index (χ0v) is 18.7. The van der Waals surface area contributed by atoms with Crippen molar-refractivity contribution in [3.63, 3.8) is 0 Å². The first-order valence-corrected chi connectivity index (χ1v) is 11.1. The molecule has 0 spiro atoms. The zero-order valence-electron chi connectivity index (χ0n) is 18.7. The Labute approximate surface area is 193 Å². The van der Waals surface area contributed by atoms with Crippen LogP contribution in [-0.2, 0) is 14.4 Å². The number of benzene rings is 2. The van der Waals surface area contributed by atoms with Gasteiger partial charge in [0, 0.05) is 31.3 Å². The Kier molecular flexibility index (Phi) is 8.57. The topological polar surface area (TPSA) is 119 Å². The highest BCUT2D eigenvalue weighted by Gasteiger charge is 2.42. The van der Waals surface area contributed by atoms with Crippen molar-refractivity contribution in [1.29, 1.82) is 0 Å². The van der Waals surface area contributed by atoms with E-state index in [4.69, 9.17) is 9.90 Å². The van der Waals surface area contributed by atoms with Crippen LogP contribution in [0.1, 0.15) is 19.8 Å². The predicted molar refractivity (Wildman–Crippen MR) is 125 cm³/mol. The number of hydrogen-bond acceptors (Lipinski definition) is 5. The Morgan fingerprint density at radius 2 is 1.64 bits per heavy atom. The quantitative estimate of drug-likeness (QED) is 0.516. The van der Waals surface area contributed by atoms with E-state index < -0.39 is 6.10 Å². The van der Waals surface area contributed by atoms with Crippen molar-refractivity contribution in [2.24, 2.45) is 11.8 Å². The van der Waals surface area contributed by atoms with E-state index in [9.17, 15) is 14.7 Å². The highest BCUT2D eigenvalue weighted by atomic mass is 16.3. The van der Waals surface area contributed by atoms with Gasteiger partial charge in [-0.3, -0.25) is 19.3 Å². The van der Waals surface area contributed by atoms with Crippen LogP contribution >= 0.6 is 0 Å². The largest absolute Gasteiger partial charge is 0.483 e. The third-order valence-corrected chi connectivity index (χ3v) is 6.26. The van der Waals surface area contributed by atoms with Crippen LogP contribution in [0.3, 0.4) is 0 Å². The van der Waals surface area contributed by atoms with E-state index in [1.807, 2.05) is 54.6 Å². The third-order valence-electron chi connectivity index (χ3n) is 6.26. The molecule has 4 rings (SSSR count). The van der Waals surface area contributed by atoms with Crippen molar-refractivity contribution in [1.82, 2.24) is 10.2 Å². The van der Waals surface area contributed by atoms with Crippen LogP contribution in [0, 0.1) is 11.8 Å². The van der Waals surface area contributed by atoms with E-state index in [1.165, 1.54) is 6.92 Å². The molecule has 2 aliphatic rings. The molecule has 8 nitrogen and oxygen atoms in total. The second-order valence-electron chi connectivity index (χ2n) is 8.63. The maximum Gasteiger partial charge on any atom is 0.290 e. The molecule has 2 fully saturated rings. The minimum atomic E-state index is -0.512. The Balaban J connectivity index is 0.000000968. The van der Waals surface area contributed by atoms with Crippen LogP contribution < -0.4 is 10.6 Å². The molecule has 2 aromatic carbocycles. The van der Waals surface area contributed by atoms with E-state index in [2.05, 4.69) is 15.5 Å². The highest BCUT2D eigenvalue weighted by Crippen LogP contribution is 2.36. The van der Waals surface area contributed by atoms with E-state index in [-0.39, 0.29) is 24.3 Å². The molecule has 4 N–H and O–H groups in total. The molecule has 8 heteroatoms. The molecule has 2 amide bonds. The van der Waals surface area contributed by atoms with Gasteiger partial charge in [-0.05, 0) is 36.3 Å². The Bertz CT molecular complexity index is 952. The molecule has 1 aliphatic heterocycles. The fourth-order valence-electron chi connectivity index (χ4n) is 4.93. The number of fused-ring (bicyclic) bond motifs is 1. The standard InChI is InChI=1S/C24H29N3O3.CH2O2/c1-16(28)25-22-11-18-13-27(14-19(18)12-23(22)29)15-24(30)26-21-10-6-5-9-20(21)17-7-3-2-4-8-17;2-1-3/h2-10,18-19,22-23,29H,11-15H2,1H3,(H,25,28)(H,26,30);1H,(H,2,3)/t18-,19+,22-,23-;/m1./s1. The van der Waals surface area contributed by atoms with Gasteiger partial charge in [-0.2, -0.15) is 0 Å². The van der Waals surface area contributed by atoms with Crippen LogP contribution in [0.2, 0.25) is 0 Å². The molecule has 33 heavy (non-hydrogen) atoms. The van der Waals surface area contributed by atoms with Crippen LogP contribution in [-0.4, -0.2) is 65.2 Å². The molecule has 1 saturated carbocycles. The van der Waals surface area contributed by atoms with Gasteiger partial charge in [-0.25, -0.2) is 0 Å². The number of carboxylic acid groups (broad SMARTS) is 1. The fraction of sp³-hybridized carbons (Fsp3) is 0.400. The number of para-hydroxylation sites is 1. The molecular formula is C25H31N3O5. The number of rotatable bonds is 5. The summed E-state index contributed by atoms with van der Waals surface area (Å²) in [5.41, 5.74) is 2.88. The van der Waals surface area contributed by atoms with Crippen LogP contribution in [0.25, 0.3) is 11.1 Å². The SMILES string of the molecule is CC(=O)N[C@@H]1C[C@@H]2CN(CC(=O)Nc3ccccc3-c3ccccc3)C[C@@H]2C[C@H]1O.O=CO. The van der Waals surface area contributed by atoms with Crippen molar-refractivity contribution in [2.75, 3.05) is 25.0 Å². The molecule has 176 valence electrons. The number of aliphatic hydroxyl groups excluding tert-OH is 1. The normalized spacial score (nSPS) is 24.1. The van der Waals surface area contributed by atoms with Crippen molar-refractivity contribution in [3.8, 4) is 11.1 Å². The van der Waals surface area contributed by atoms with E-state index >= 15 is 0 Å². The lowest BCUT2D eigenvalue weighted by Crippen LogP contribution is -2.48. The monoisotopic (exact) mass is 453 g/mol. The lowest BCUT2D eigenvalue weighted by atomic mass is 9.77. The molecule has 1 heterocycles. The average molecular weight is 454 g/mol. The average Bonchev–Trinajstić information content (AvgIpc) is 3.15. The second-order valence-corrected chi connectivity index (χ2v) is 8.63. The van der Waals surface area contributed by atoms with E-state index in [0.717, 1.165) is 36.3 Å². The van der Waals surface area contributed by atoms with Crippen LogP contribution in [0.4, 0.5) is 5.69 Å². The summed E-state index contributed by atoms with van der Waals surface area (Å²) in [6, 6.07) is 17.7. The van der Waals surface area contributed by atoms with E-state index in [1.54, 1.807) is 0 Å². The molecule has 2 aromatic rings. The van der Waals surface area contributed by atoms with Crippen molar-refractivity contribution in [3.05, 3.63) is 54.6 Å². The molecule has 4 atom stereocenters. The number of nitrogens with one attached hydrogen (secondary N) is 2. The Morgan fingerprint density at radius 3 is 2.30 bits per heavy atom. The highest BCUT2D eigenvalue weighted by molar-refractivity contribution is 5.96. The number of hydrogen-bond donors (Lipinski definition) is 4. The lowest BCUT2D eigenvalue weighted by Gasteiger charge is -2.35. The minimum absolute atomic E-state index is 0.0315. The Hall–Kier alpha value is -3.23. The van der Waals surface area contributed by atoms with Gasteiger partial charge in [-0.15, -0.1) is 0 Å². The maximum absolute atomic E-state index is 12.8. The molecule has 0 aromatic heterocycles. The first-order valence-electron chi connectivity index (χ1n) is 11.1. The number of nitrogens with zero attached hydrogens (tertiary/aromatic N) is 1. The van der Waals surface area contributed by atoms with Gasteiger partial charge < -0.3 is 20.8 Å². The Morgan fingerprint density at radius 1 is 1.03 bits per heavy atom. The van der Waals surface area contributed by atoms with Crippen LogP contribution in [0.5, 0.6) is 0 Å². The third kappa shape index (κ3) is 6.63. The van der Waals surface area contributed by atoms with Gasteiger partial charge in [0.05, 0.1) is 18.7 Å². The smallest absolute Gasteiger partial charge is 0.290 e. The van der Waals surface area contributed by atoms with Gasteiger partial charge >= 0.3 is 0 Å². The minimum Gasteiger partial charge on any atom is -0.483 e. The summed E-state index contributed by atoms with van der Waals surface area (Å²) in [6.07, 6.45) is 0.923. The summed E-state index contributed by atoms with van der Waals surface area (Å²) in [4.78, 5) is 34.7. The first-order chi connectivity index (χ1) is 15.9. The molecule has 1 aliphatic carbocycles. The van der Waals surface area contributed by atoms with Gasteiger partial charge in [-0.1, -0.05) is 48.5 Å². The first kappa shape index (κ1) is 24.4. The summed E-state index contributed by atoms with van der Waals surface area (Å²) >= 11 is 0. The van der Waals surface area contributed by atoms with Crippen LogP contribution in [0.15, 0.2) is 54.6 Å². The van der Waals surface area contributed by atoms with Gasteiger partial charge in [0.15, 0.2) is 0 Å². The summed E-state index contributed by atoms with van der Waals surface area (Å²) in [5.74, 6) is 0.629. The van der Waals surface area contributed by atoms with Gasteiger partial charge in [0.2, 0.25) is 11.8 Å². The number of anilines is 1. The van der Waals surface area contributed by atoms with Crippen molar-refractivity contribution in [2.45, 2.75) is 31.9 Å².